The maximum Gasteiger partial charge on any atom is 0.252 e. The predicted octanol–water partition coefficient (Wildman–Crippen LogP) is 10.0. The zero-order valence-corrected chi connectivity index (χ0v) is 28.3. The van der Waals surface area contributed by atoms with E-state index in [9.17, 15) is 0 Å². The molecule has 6 aromatic carbocycles. The number of benzene rings is 6. The SMILES string of the molecule is CC(C)(C)c1ccc2c(c1)B1c3cc(C(C)(C)C)ccc3N(c3ccccc3)c3cc(-c4ccccc4)cc(c31)N2c1ccccc1. The molecule has 3 heteroatoms. The number of hydrogen-bond acceptors (Lipinski definition) is 2. The molecule has 2 nitrogen and oxygen atoms in total. The molecule has 6 aromatic rings. The number of hydrogen-bond donors (Lipinski definition) is 0. The monoisotopic (exact) mass is 608 g/mol. The summed E-state index contributed by atoms with van der Waals surface area (Å²) >= 11 is 0. The van der Waals surface area contributed by atoms with Crippen LogP contribution in [0, 0.1) is 0 Å². The molecule has 0 saturated carbocycles. The highest BCUT2D eigenvalue weighted by Crippen LogP contribution is 2.46. The van der Waals surface area contributed by atoms with Gasteiger partial charge in [-0.1, -0.05) is 133 Å². The molecule has 230 valence electrons. The Balaban J connectivity index is 1.53. The fourth-order valence-electron chi connectivity index (χ4n) is 7.45. The van der Waals surface area contributed by atoms with E-state index in [0.717, 1.165) is 0 Å². The molecule has 0 N–H and O–H groups in total. The minimum absolute atomic E-state index is 0.0215. The van der Waals surface area contributed by atoms with Crippen LogP contribution in [-0.2, 0) is 10.8 Å². The standard InChI is InChI=1S/C44H41BN2/c1-43(2,3)32-22-24-38-36(28-32)45-37-29-33(44(4,5)6)23-25-39(37)47(35-20-14-9-15-21-35)41-27-31(30-16-10-7-11-17-30)26-40(42(41)45)46(38)34-18-12-8-13-19-34/h7-29H,1-6H3. The molecule has 0 aliphatic carbocycles. The summed E-state index contributed by atoms with van der Waals surface area (Å²) in [7, 11) is 0. The van der Waals surface area contributed by atoms with Crippen LogP contribution in [0.5, 0.6) is 0 Å². The maximum atomic E-state index is 2.51. The van der Waals surface area contributed by atoms with E-state index < -0.39 is 0 Å². The zero-order chi connectivity index (χ0) is 32.5. The number of nitrogens with zero attached hydrogens (tertiary/aromatic N) is 2. The van der Waals surface area contributed by atoms with E-state index in [2.05, 4.69) is 191 Å². The molecule has 2 aliphatic rings. The Morgan fingerprint density at radius 2 is 0.809 bits per heavy atom. The number of rotatable bonds is 3. The van der Waals surface area contributed by atoms with Gasteiger partial charge in [-0.3, -0.25) is 0 Å². The van der Waals surface area contributed by atoms with Crippen molar-refractivity contribution in [2.24, 2.45) is 0 Å². The third-order valence-electron chi connectivity index (χ3n) is 9.93. The quantitative estimate of drug-likeness (QED) is 0.184. The molecule has 8 rings (SSSR count). The predicted molar refractivity (Wildman–Crippen MR) is 203 cm³/mol. The second-order valence-corrected chi connectivity index (χ2v) is 15.1. The van der Waals surface area contributed by atoms with Gasteiger partial charge in [-0.15, -0.1) is 0 Å². The lowest BCUT2D eigenvalue weighted by Crippen LogP contribution is -2.61. The van der Waals surface area contributed by atoms with E-state index in [1.165, 1.54) is 72.8 Å². The van der Waals surface area contributed by atoms with Crippen molar-refractivity contribution in [2.45, 2.75) is 52.4 Å². The van der Waals surface area contributed by atoms with Gasteiger partial charge in [-0.05, 0) is 98.0 Å². The van der Waals surface area contributed by atoms with Gasteiger partial charge in [-0.2, -0.15) is 0 Å². The molecule has 47 heavy (non-hydrogen) atoms. The molecule has 0 atom stereocenters. The second kappa shape index (κ2) is 10.8. The largest absolute Gasteiger partial charge is 0.311 e. The Bertz CT molecular complexity index is 1980. The third-order valence-corrected chi connectivity index (χ3v) is 9.93. The Kier molecular flexibility index (Phi) is 6.74. The lowest BCUT2D eigenvalue weighted by atomic mass is 9.33. The summed E-state index contributed by atoms with van der Waals surface area (Å²) in [6, 6.07) is 51.9. The molecule has 2 heterocycles. The highest BCUT2D eigenvalue weighted by molar-refractivity contribution is 7.00. The Morgan fingerprint density at radius 3 is 1.21 bits per heavy atom. The van der Waals surface area contributed by atoms with Crippen LogP contribution in [0.3, 0.4) is 0 Å². The minimum atomic E-state index is 0.0215. The van der Waals surface area contributed by atoms with Crippen molar-refractivity contribution in [3.05, 3.63) is 151 Å². The average molecular weight is 609 g/mol. The lowest BCUT2D eigenvalue weighted by molar-refractivity contribution is 0.590. The molecular weight excluding hydrogens is 567 g/mol. The molecule has 0 bridgehead atoms. The smallest absolute Gasteiger partial charge is 0.252 e. The Labute approximate surface area is 280 Å². The number of para-hydroxylation sites is 2. The number of anilines is 6. The van der Waals surface area contributed by atoms with Crippen molar-refractivity contribution < 1.29 is 0 Å². The van der Waals surface area contributed by atoms with Gasteiger partial charge in [0.2, 0.25) is 0 Å². The van der Waals surface area contributed by atoms with Gasteiger partial charge in [0.25, 0.3) is 6.71 Å². The van der Waals surface area contributed by atoms with Crippen molar-refractivity contribution >= 4 is 57.2 Å². The Hall–Kier alpha value is -5.02. The van der Waals surface area contributed by atoms with Crippen LogP contribution in [0.1, 0.15) is 52.7 Å². The van der Waals surface area contributed by atoms with Gasteiger partial charge < -0.3 is 9.80 Å². The average Bonchev–Trinajstić information content (AvgIpc) is 3.08. The summed E-state index contributed by atoms with van der Waals surface area (Å²) in [6.45, 7) is 14.0. The molecule has 2 aliphatic heterocycles. The first kappa shape index (κ1) is 29.4. The fraction of sp³-hybridized carbons (Fsp3) is 0.182. The maximum absolute atomic E-state index is 2.51. The molecule has 0 fully saturated rings. The van der Waals surface area contributed by atoms with Gasteiger partial charge in [0, 0.05) is 34.1 Å². The van der Waals surface area contributed by atoms with Crippen LogP contribution in [0.2, 0.25) is 0 Å². The van der Waals surface area contributed by atoms with Crippen LogP contribution >= 0.6 is 0 Å². The Morgan fingerprint density at radius 1 is 0.404 bits per heavy atom. The van der Waals surface area contributed by atoms with E-state index in [4.69, 9.17) is 0 Å². The van der Waals surface area contributed by atoms with E-state index in [1.54, 1.807) is 0 Å². The second-order valence-electron chi connectivity index (χ2n) is 15.1. The lowest BCUT2D eigenvalue weighted by Gasteiger charge is -2.45. The van der Waals surface area contributed by atoms with Crippen LogP contribution in [-0.4, -0.2) is 6.71 Å². The highest BCUT2D eigenvalue weighted by Gasteiger charge is 2.44. The van der Waals surface area contributed by atoms with Crippen LogP contribution in [0.25, 0.3) is 11.1 Å². The molecule has 0 radical (unpaired) electrons. The van der Waals surface area contributed by atoms with E-state index >= 15 is 0 Å². The van der Waals surface area contributed by atoms with Gasteiger partial charge in [0.1, 0.15) is 0 Å². The van der Waals surface area contributed by atoms with Crippen LogP contribution in [0.15, 0.2) is 140 Å². The normalized spacial score (nSPS) is 13.6. The van der Waals surface area contributed by atoms with Crippen LogP contribution < -0.4 is 26.2 Å². The summed E-state index contributed by atoms with van der Waals surface area (Å²) in [6.07, 6.45) is 0. The van der Waals surface area contributed by atoms with Crippen molar-refractivity contribution in [1.29, 1.82) is 0 Å². The first-order valence-electron chi connectivity index (χ1n) is 16.8. The molecular formula is C44H41BN2. The number of fused-ring (bicyclic) bond motifs is 4. The van der Waals surface area contributed by atoms with E-state index in [-0.39, 0.29) is 17.5 Å². The highest BCUT2D eigenvalue weighted by atomic mass is 15.2. The summed E-state index contributed by atoms with van der Waals surface area (Å²) < 4.78 is 0. The first-order chi connectivity index (χ1) is 22.6. The minimum Gasteiger partial charge on any atom is -0.311 e. The molecule has 0 amide bonds. The molecule has 0 unspecified atom stereocenters. The molecule has 0 saturated heterocycles. The summed E-state index contributed by atoms with van der Waals surface area (Å²) in [5.41, 5.74) is 16.6. The van der Waals surface area contributed by atoms with Crippen molar-refractivity contribution in [3.8, 4) is 11.1 Å². The van der Waals surface area contributed by atoms with Gasteiger partial charge in [0.05, 0.1) is 0 Å². The molecule has 0 spiro atoms. The summed E-state index contributed by atoms with van der Waals surface area (Å²) in [4.78, 5) is 5.01. The van der Waals surface area contributed by atoms with E-state index in [1.807, 2.05) is 0 Å². The van der Waals surface area contributed by atoms with Gasteiger partial charge >= 0.3 is 0 Å². The van der Waals surface area contributed by atoms with Gasteiger partial charge in [0.15, 0.2) is 0 Å². The first-order valence-corrected chi connectivity index (χ1v) is 16.8. The summed E-state index contributed by atoms with van der Waals surface area (Å²) in [5, 5.41) is 0. The van der Waals surface area contributed by atoms with E-state index in [0.29, 0.717) is 0 Å². The molecule has 0 aromatic heterocycles. The topological polar surface area (TPSA) is 6.48 Å². The zero-order valence-electron chi connectivity index (χ0n) is 28.3. The fourth-order valence-corrected chi connectivity index (χ4v) is 7.45. The van der Waals surface area contributed by atoms with Crippen LogP contribution in [0.4, 0.5) is 34.1 Å². The van der Waals surface area contributed by atoms with Crippen molar-refractivity contribution in [1.82, 2.24) is 0 Å². The van der Waals surface area contributed by atoms with Gasteiger partial charge in [-0.25, -0.2) is 0 Å². The third kappa shape index (κ3) is 4.88. The summed E-state index contributed by atoms with van der Waals surface area (Å²) in [5.74, 6) is 0. The van der Waals surface area contributed by atoms with Crippen molar-refractivity contribution in [3.63, 3.8) is 0 Å². The van der Waals surface area contributed by atoms with Crippen molar-refractivity contribution in [2.75, 3.05) is 9.80 Å².